The number of aromatic nitrogens is 8. The Hall–Kier alpha value is -16.2. The van der Waals surface area contributed by atoms with E-state index in [9.17, 15) is 23.5 Å². The molecule has 0 fully saturated rings. The zero-order chi connectivity index (χ0) is 93.5. The highest BCUT2D eigenvalue weighted by molar-refractivity contribution is 7.71. The zero-order valence-electron chi connectivity index (χ0n) is 75.3. The summed E-state index contributed by atoms with van der Waals surface area (Å²) in [4.78, 5) is 20.1. The van der Waals surface area contributed by atoms with Gasteiger partial charge in [0.1, 0.15) is 51.2 Å². The molecule has 0 radical (unpaired) electrons. The van der Waals surface area contributed by atoms with Crippen molar-refractivity contribution < 1.29 is 18.3 Å². The summed E-state index contributed by atoms with van der Waals surface area (Å²) < 4.78 is 60.5. The van der Waals surface area contributed by atoms with Gasteiger partial charge in [-0.1, -0.05) is 206 Å². The number of fused-ring (bicyclic) bond motifs is 34. The Morgan fingerprint density at radius 3 is 0.956 bits per heavy atom. The fourth-order valence-corrected chi connectivity index (χ4v) is 22.7. The van der Waals surface area contributed by atoms with Gasteiger partial charge in [0.25, 0.3) is 0 Å². The number of rotatable bonds is 8. The second kappa shape index (κ2) is 32.9. The monoisotopic (exact) mass is 1830 g/mol. The van der Waals surface area contributed by atoms with E-state index in [0.717, 1.165) is 230 Å². The Morgan fingerprint density at radius 2 is 0.493 bits per heavy atom. The maximum atomic E-state index is 13.0. The lowest BCUT2D eigenvalue weighted by molar-refractivity contribution is 0.587. The van der Waals surface area contributed by atoms with Crippen molar-refractivity contribution in [2.24, 2.45) is 0 Å². The molecule has 0 aliphatic rings. The topological polar surface area (TPSA) is 233 Å². The van der Waals surface area contributed by atoms with Gasteiger partial charge < -0.3 is 18.3 Å². The largest absolute Gasteiger partial charge is 0.319 e. The Balaban J connectivity index is 0.000000105. The standard InChI is InChI=1S/C32H22N3OP.3C28H20N3OP/c1-37(2,36)24-13-16-29-27(18-24)26-14-11-22-5-3-4-6-25(22)31(26)32-34-28-15-12-23(17-30(28)35(29)32)21-9-7-20(19-33)8-10-21;1-33(2,32)21-12-13-22-23-5-3-4-6-26(23)31-27-15-20(19-9-7-18(17-29)8-10-19)11-14-25(27)30-28(31)24(22)16-21;1-33(2,32)21-12-13-23-22-5-3-4-6-24(22)28-30-25-14-11-20(15-27(25)31(28)26(23)16-21)19-9-7-18(17-29)8-10-19;1-33(2,32)21-12-14-22-23-13-11-20(19-9-7-18(17-29)8-10-19)15-27(23)31-26-6-4-3-5-25(26)30-28(31)24(22)16-21/h3-18H,1-2H3;3*3-16H,1-2H3. The van der Waals surface area contributed by atoms with Gasteiger partial charge >= 0.3 is 0 Å². The van der Waals surface area contributed by atoms with Crippen LogP contribution < -0.4 is 21.2 Å². The van der Waals surface area contributed by atoms with Crippen LogP contribution in [0.15, 0.2) is 352 Å². The highest BCUT2D eigenvalue weighted by Crippen LogP contribution is 2.46. The fourth-order valence-electron chi connectivity index (χ4n) is 19.2. The zero-order valence-corrected chi connectivity index (χ0v) is 78.9. The molecule has 8 aromatic heterocycles. The molecule has 136 heavy (non-hydrogen) atoms. The minimum absolute atomic E-state index is 0.642. The Kier molecular flexibility index (Phi) is 20.6. The molecule has 0 spiro atoms. The van der Waals surface area contributed by atoms with Crippen molar-refractivity contribution in [1.82, 2.24) is 37.5 Å². The normalized spacial score (nSPS) is 12.1. The first-order valence-electron chi connectivity index (χ1n) is 44.5. The first kappa shape index (κ1) is 85.2. The molecule has 0 amide bonds. The van der Waals surface area contributed by atoms with E-state index >= 15 is 0 Å². The number of para-hydroxylation sites is 3. The van der Waals surface area contributed by atoms with E-state index in [1.807, 2.05) is 201 Å². The predicted octanol–water partition coefficient (Wildman–Crippen LogP) is 27.5. The highest BCUT2D eigenvalue weighted by Gasteiger charge is 2.26. The minimum Gasteiger partial charge on any atom is -0.319 e. The van der Waals surface area contributed by atoms with Crippen LogP contribution in [0.2, 0.25) is 0 Å². The molecule has 650 valence electrons. The van der Waals surface area contributed by atoms with Crippen molar-refractivity contribution in [3.63, 3.8) is 0 Å². The van der Waals surface area contributed by atoms with Crippen LogP contribution in [-0.4, -0.2) is 90.9 Å². The summed E-state index contributed by atoms with van der Waals surface area (Å²) in [6.07, 6.45) is 0. The number of hydrogen-bond donors (Lipinski definition) is 0. The molecular weight excluding hydrogens is 1750 g/mol. The summed E-state index contributed by atoms with van der Waals surface area (Å²) in [6, 6.07) is 127. The molecule has 0 N–H and O–H groups in total. The second-order valence-electron chi connectivity index (χ2n) is 36.2. The summed E-state index contributed by atoms with van der Waals surface area (Å²) >= 11 is 0. The SMILES string of the molecule is CP(C)(=O)c1ccc2c(c1)c1ccc3ccccc3c1c1nc3ccc(-c4ccc(C#N)cc4)cc3n21.CP(C)(=O)c1ccc2c3ccc(-c4ccc(C#N)cc4)cc3n3c4ccccc4nc3c2c1.CP(C)(=O)c1ccc2c3ccccc3c3nc4ccc(-c5ccc(C#N)cc5)cc4n3c2c1.CP(C)(=O)c1ccc2c3ccccc3n3c4cc(-c5ccc(C#N)cc5)ccc4nc3c2c1. The molecule has 25 rings (SSSR count). The molecule has 25 aromatic rings. The average Bonchev–Trinajstić information content (AvgIpc) is 1.54. The first-order valence-corrected chi connectivity index (χ1v) is 54.9. The van der Waals surface area contributed by atoms with Gasteiger partial charge in [0, 0.05) is 64.3 Å². The molecule has 0 saturated heterocycles. The summed E-state index contributed by atoms with van der Waals surface area (Å²) in [6.45, 7) is 14.5. The Morgan fingerprint density at radius 1 is 0.206 bits per heavy atom. The maximum absolute atomic E-state index is 13.0. The number of hydrogen-bond acceptors (Lipinski definition) is 12. The molecule has 0 unspecified atom stereocenters. The number of benzene rings is 17. The van der Waals surface area contributed by atoms with Crippen LogP contribution in [0.4, 0.5) is 0 Å². The van der Waals surface area contributed by atoms with Crippen molar-refractivity contribution in [2.45, 2.75) is 0 Å². The third-order valence-corrected chi connectivity index (χ3v) is 32.3. The van der Waals surface area contributed by atoms with Gasteiger partial charge in [-0.05, 0) is 276 Å². The quantitative estimate of drug-likeness (QED) is 0.102. The number of nitrogens with zero attached hydrogens (tertiary/aromatic N) is 12. The third-order valence-electron chi connectivity index (χ3n) is 26.2. The van der Waals surface area contributed by atoms with Crippen LogP contribution in [0, 0.1) is 45.3 Å². The van der Waals surface area contributed by atoms with Crippen molar-refractivity contribution >= 4 is 214 Å². The van der Waals surface area contributed by atoms with E-state index in [4.69, 9.17) is 35.7 Å². The van der Waals surface area contributed by atoms with Crippen molar-refractivity contribution in [3.05, 3.63) is 374 Å². The fraction of sp³-hybridized carbons (Fsp3) is 0.0690. The van der Waals surface area contributed by atoms with E-state index in [-0.39, 0.29) is 0 Å². The summed E-state index contributed by atoms with van der Waals surface area (Å²) in [7, 11) is -9.69. The Labute approximate surface area is 781 Å². The molecule has 0 aliphatic carbocycles. The highest BCUT2D eigenvalue weighted by atomic mass is 31.2. The van der Waals surface area contributed by atoms with Crippen LogP contribution in [0.3, 0.4) is 0 Å². The molecular formula is C116H82N12O4P4. The van der Waals surface area contributed by atoms with E-state index in [1.165, 1.54) is 0 Å². The maximum Gasteiger partial charge on any atom is 0.147 e. The molecule has 17 aromatic carbocycles. The van der Waals surface area contributed by atoms with Gasteiger partial charge in [0.2, 0.25) is 0 Å². The van der Waals surface area contributed by atoms with Crippen LogP contribution in [0.5, 0.6) is 0 Å². The van der Waals surface area contributed by atoms with Crippen LogP contribution in [0.25, 0.3) is 209 Å². The van der Waals surface area contributed by atoms with E-state index in [2.05, 4.69) is 206 Å². The van der Waals surface area contributed by atoms with Gasteiger partial charge in [-0.15, -0.1) is 0 Å². The van der Waals surface area contributed by atoms with Crippen molar-refractivity contribution in [3.8, 4) is 68.8 Å². The minimum atomic E-state index is -2.44. The summed E-state index contributed by atoms with van der Waals surface area (Å²) in [5, 5.41) is 55.4. The molecule has 20 heteroatoms. The lowest BCUT2D eigenvalue weighted by Crippen LogP contribution is -2.04. The van der Waals surface area contributed by atoms with Gasteiger partial charge in [-0.3, -0.25) is 17.6 Å². The number of imidazole rings is 4. The van der Waals surface area contributed by atoms with Crippen molar-refractivity contribution in [2.75, 3.05) is 53.3 Å². The van der Waals surface area contributed by atoms with Crippen LogP contribution in [0.1, 0.15) is 22.3 Å². The van der Waals surface area contributed by atoms with Gasteiger partial charge in [-0.25, -0.2) is 19.9 Å². The van der Waals surface area contributed by atoms with E-state index in [0.29, 0.717) is 22.3 Å². The molecule has 0 bridgehead atoms. The number of nitriles is 4. The smallest absolute Gasteiger partial charge is 0.147 e. The third kappa shape index (κ3) is 14.9. The predicted molar refractivity (Wildman–Crippen MR) is 565 cm³/mol. The van der Waals surface area contributed by atoms with Crippen LogP contribution in [-0.2, 0) is 18.3 Å². The second-order valence-corrected chi connectivity index (χ2v) is 49.1. The van der Waals surface area contributed by atoms with E-state index < -0.39 is 28.6 Å². The lowest BCUT2D eigenvalue weighted by atomic mass is 9.99. The molecule has 0 aliphatic heterocycles. The number of pyridine rings is 4. The summed E-state index contributed by atoms with van der Waals surface area (Å²) in [5.41, 5.74) is 26.5. The van der Waals surface area contributed by atoms with Crippen molar-refractivity contribution in [1.29, 1.82) is 21.0 Å². The lowest BCUT2D eigenvalue weighted by Gasteiger charge is -2.14. The van der Waals surface area contributed by atoms with Gasteiger partial charge in [0.05, 0.1) is 113 Å². The van der Waals surface area contributed by atoms with Gasteiger partial charge in [-0.2, -0.15) is 21.0 Å². The average molecular weight is 1830 g/mol. The van der Waals surface area contributed by atoms with E-state index in [1.54, 1.807) is 40.0 Å². The summed E-state index contributed by atoms with van der Waals surface area (Å²) in [5.74, 6) is 0. The molecule has 0 atom stereocenters. The molecule has 0 saturated carbocycles. The molecule has 8 heterocycles. The van der Waals surface area contributed by atoms with Gasteiger partial charge in [0.15, 0.2) is 0 Å². The molecule has 16 nitrogen and oxygen atoms in total. The Bertz CT molecular complexity index is 9810. The first-order chi connectivity index (χ1) is 65.7. The van der Waals surface area contributed by atoms with Crippen LogP contribution >= 0.6 is 28.6 Å².